The zero-order valence-corrected chi connectivity index (χ0v) is 18.4. The number of nitrogens with one attached hydrogen (secondary N) is 1. The van der Waals surface area contributed by atoms with Gasteiger partial charge in [-0.1, -0.05) is 0 Å². The maximum atomic E-state index is 13.2. The van der Waals surface area contributed by atoms with Gasteiger partial charge in [0.25, 0.3) is 5.56 Å². The Morgan fingerprint density at radius 3 is 2.30 bits per heavy atom. The molecule has 1 amide bonds. The summed E-state index contributed by atoms with van der Waals surface area (Å²) >= 11 is 0. The van der Waals surface area contributed by atoms with Crippen LogP contribution in [0.25, 0.3) is 0 Å². The van der Waals surface area contributed by atoms with Gasteiger partial charge in [-0.2, -0.15) is 5.10 Å². The molecule has 0 atom stereocenters. The van der Waals surface area contributed by atoms with Gasteiger partial charge >= 0.3 is 0 Å². The average Bonchev–Trinajstić information content (AvgIpc) is 2.83. The molecule has 0 radical (unpaired) electrons. The van der Waals surface area contributed by atoms with Crippen LogP contribution in [0.5, 0.6) is 5.75 Å². The molecule has 9 heteroatoms. The van der Waals surface area contributed by atoms with Crippen molar-refractivity contribution in [2.45, 2.75) is 13.5 Å². The summed E-state index contributed by atoms with van der Waals surface area (Å²) in [4.78, 5) is 29.0. The minimum Gasteiger partial charge on any atom is -0.494 e. The number of hydrogen-bond acceptors (Lipinski definition) is 6. The van der Waals surface area contributed by atoms with E-state index < -0.39 is 0 Å². The highest BCUT2D eigenvalue weighted by atomic mass is 19.1. The van der Waals surface area contributed by atoms with Crippen LogP contribution in [0.2, 0.25) is 0 Å². The van der Waals surface area contributed by atoms with Gasteiger partial charge in [-0.15, -0.1) is 0 Å². The van der Waals surface area contributed by atoms with Crippen molar-refractivity contribution >= 4 is 23.1 Å². The smallest absolute Gasteiger partial charge is 0.267 e. The molecule has 1 aliphatic rings. The van der Waals surface area contributed by atoms with Crippen LogP contribution in [0.3, 0.4) is 0 Å². The molecular weight excluding hydrogens is 425 g/mol. The summed E-state index contributed by atoms with van der Waals surface area (Å²) in [6.07, 6.45) is 0. The lowest BCUT2D eigenvalue weighted by molar-refractivity contribution is -0.117. The highest BCUT2D eigenvalue weighted by Gasteiger charge is 2.19. The fourth-order valence-corrected chi connectivity index (χ4v) is 3.70. The van der Waals surface area contributed by atoms with Crippen LogP contribution in [0.15, 0.2) is 65.5 Å². The predicted molar refractivity (Wildman–Crippen MR) is 126 cm³/mol. The van der Waals surface area contributed by atoms with E-state index in [4.69, 9.17) is 4.74 Å². The Kier molecular flexibility index (Phi) is 6.87. The van der Waals surface area contributed by atoms with Crippen LogP contribution in [-0.4, -0.2) is 48.5 Å². The van der Waals surface area contributed by atoms with E-state index in [1.165, 1.54) is 22.9 Å². The van der Waals surface area contributed by atoms with Crippen LogP contribution in [0.4, 0.5) is 21.6 Å². The second kappa shape index (κ2) is 10.2. The molecule has 0 unspecified atom stereocenters. The van der Waals surface area contributed by atoms with Gasteiger partial charge in [0.15, 0.2) is 0 Å². The fourth-order valence-electron chi connectivity index (χ4n) is 3.70. The van der Waals surface area contributed by atoms with Crippen LogP contribution >= 0.6 is 0 Å². The Morgan fingerprint density at radius 2 is 1.64 bits per heavy atom. The molecule has 1 aromatic heterocycles. The molecular formula is C24H26FN5O3. The molecule has 2 heterocycles. The lowest BCUT2D eigenvalue weighted by Gasteiger charge is -2.36. The molecule has 0 aliphatic carbocycles. The topological polar surface area (TPSA) is 79.7 Å². The maximum Gasteiger partial charge on any atom is 0.267 e. The van der Waals surface area contributed by atoms with Gasteiger partial charge in [-0.05, 0) is 61.5 Å². The van der Waals surface area contributed by atoms with Crippen LogP contribution in [0, 0.1) is 5.82 Å². The number of anilines is 3. The van der Waals surface area contributed by atoms with Crippen LogP contribution in [0.1, 0.15) is 6.92 Å². The summed E-state index contributed by atoms with van der Waals surface area (Å²) in [6.45, 7) is 5.16. The zero-order valence-electron chi connectivity index (χ0n) is 18.4. The summed E-state index contributed by atoms with van der Waals surface area (Å²) in [7, 11) is 0. The highest BCUT2D eigenvalue weighted by molar-refractivity contribution is 5.90. The molecule has 8 nitrogen and oxygen atoms in total. The Labute approximate surface area is 191 Å². The standard InChI is InChI=1S/C24H26FN5O3/c1-2-33-21-9-5-19(6-10-21)26-23(31)17-30-24(32)12-11-22(27-30)29-15-13-28(14-16-29)20-7-3-18(25)4-8-20/h3-12H,2,13-17H2,1H3,(H,26,31). The van der Waals surface area contributed by atoms with E-state index in [2.05, 4.69) is 20.2 Å². The monoisotopic (exact) mass is 451 g/mol. The molecule has 0 bridgehead atoms. The quantitative estimate of drug-likeness (QED) is 0.595. The minimum absolute atomic E-state index is 0.185. The van der Waals surface area contributed by atoms with Crippen molar-refractivity contribution in [3.05, 3.63) is 76.8 Å². The summed E-state index contributed by atoms with van der Waals surface area (Å²) in [6, 6.07) is 16.6. The van der Waals surface area contributed by atoms with Crippen molar-refractivity contribution < 1.29 is 13.9 Å². The van der Waals surface area contributed by atoms with Crippen molar-refractivity contribution in [2.75, 3.05) is 47.9 Å². The molecule has 172 valence electrons. The van der Waals surface area contributed by atoms with Crippen molar-refractivity contribution in [1.29, 1.82) is 0 Å². The molecule has 1 aliphatic heterocycles. The summed E-state index contributed by atoms with van der Waals surface area (Å²) in [5.74, 6) is 0.769. The van der Waals surface area contributed by atoms with Crippen molar-refractivity contribution in [1.82, 2.24) is 9.78 Å². The third-order valence-corrected chi connectivity index (χ3v) is 5.39. The second-order valence-corrected chi connectivity index (χ2v) is 7.64. The number of aromatic nitrogens is 2. The number of carbonyl (C=O) groups is 1. The van der Waals surface area contributed by atoms with Crippen molar-refractivity contribution in [3.63, 3.8) is 0 Å². The van der Waals surface area contributed by atoms with Gasteiger partial charge in [0.2, 0.25) is 5.91 Å². The first-order valence-electron chi connectivity index (χ1n) is 10.9. The Morgan fingerprint density at radius 1 is 0.970 bits per heavy atom. The third-order valence-electron chi connectivity index (χ3n) is 5.39. The highest BCUT2D eigenvalue weighted by Crippen LogP contribution is 2.19. The normalized spacial score (nSPS) is 13.6. The van der Waals surface area contributed by atoms with E-state index in [0.717, 1.165) is 24.5 Å². The van der Waals surface area contributed by atoms with Crippen molar-refractivity contribution in [3.8, 4) is 5.75 Å². The molecule has 33 heavy (non-hydrogen) atoms. The molecule has 0 saturated carbocycles. The summed E-state index contributed by atoms with van der Waals surface area (Å²) in [5.41, 5.74) is 1.25. The van der Waals surface area contributed by atoms with E-state index in [1.54, 1.807) is 42.5 Å². The van der Waals surface area contributed by atoms with E-state index in [0.29, 0.717) is 31.2 Å². The molecule has 1 saturated heterocycles. The second-order valence-electron chi connectivity index (χ2n) is 7.64. The van der Waals surface area contributed by atoms with Crippen LogP contribution < -0.4 is 25.4 Å². The van der Waals surface area contributed by atoms with E-state index in [9.17, 15) is 14.0 Å². The first-order chi connectivity index (χ1) is 16.0. The van der Waals surface area contributed by atoms with Gasteiger partial charge < -0.3 is 19.9 Å². The number of halogens is 1. The Bertz CT molecular complexity index is 1140. The molecule has 1 fully saturated rings. The maximum absolute atomic E-state index is 13.2. The van der Waals surface area contributed by atoms with Crippen LogP contribution in [-0.2, 0) is 11.3 Å². The van der Waals surface area contributed by atoms with Gasteiger partial charge in [0, 0.05) is 43.6 Å². The number of hydrogen-bond donors (Lipinski definition) is 1. The van der Waals surface area contributed by atoms with Crippen molar-refractivity contribution in [2.24, 2.45) is 0 Å². The molecule has 0 spiro atoms. The number of piperazine rings is 1. The Hall–Kier alpha value is -3.88. The number of benzene rings is 2. The first-order valence-corrected chi connectivity index (χ1v) is 10.9. The third kappa shape index (κ3) is 5.68. The van der Waals surface area contributed by atoms with Gasteiger partial charge in [-0.3, -0.25) is 9.59 Å². The van der Waals surface area contributed by atoms with Gasteiger partial charge in [-0.25, -0.2) is 9.07 Å². The van der Waals surface area contributed by atoms with Gasteiger partial charge in [0.05, 0.1) is 6.61 Å². The summed E-state index contributed by atoms with van der Waals surface area (Å²) < 4.78 is 19.7. The number of amides is 1. The Balaban J connectivity index is 1.37. The number of nitrogens with zero attached hydrogens (tertiary/aromatic N) is 4. The number of carbonyl (C=O) groups excluding carboxylic acids is 1. The minimum atomic E-state index is -0.342. The summed E-state index contributed by atoms with van der Waals surface area (Å²) in [5, 5.41) is 7.18. The fraction of sp³-hybridized carbons (Fsp3) is 0.292. The van der Waals surface area contributed by atoms with Gasteiger partial charge in [0.1, 0.15) is 23.9 Å². The average molecular weight is 452 g/mol. The lowest BCUT2D eigenvalue weighted by atomic mass is 10.2. The molecule has 3 aromatic rings. The van der Waals surface area contributed by atoms with E-state index in [1.807, 2.05) is 6.92 Å². The SMILES string of the molecule is CCOc1ccc(NC(=O)Cn2nc(N3CCN(c4ccc(F)cc4)CC3)ccc2=O)cc1. The van der Waals surface area contributed by atoms with E-state index >= 15 is 0 Å². The molecule has 2 aromatic carbocycles. The number of rotatable bonds is 7. The molecule has 4 rings (SSSR count). The predicted octanol–water partition coefficient (Wildman–Crippen LogP) is 2.75. The van der Waals surface area contributed by atoms with E-state index in [-0.39, 0.29) is 23.8 Å². The zero-order chi connectivity index (χ0) is 23.2. The molecule has 1 N–H and O–H groups in total. The largest absolute Gasteiger partial charge is 0.494 e. The first kappa shape index (κ1) is 22.3. The number of ether oxygens (including phenoxy) is 1. The lowest BCUT2D eigenvalue weighted by Crippen LogP contribution is -2.47.